The maximum atomic E-state index is 8.67. The van der Waals surface area contributed by atoms with Crippen molar-refractivity contribution in [3.8, 4) is 6.07 Å². The highest BCUT2D eigenvalue weighted by molar-refractivity contribution is 7.98. The lowest BCUT2D eigenvalue weighted by molar-refractivity contribution is 0.685. The predicted octanol–water partition coefficient (Wildman–Crippen LogP) is 1.98. The topological polar surface area (TPSA) is 54.5 Å². The molecule has 0 N–H and O–H groups in total. The first kappa shape index (κ1) is 10.7. The predicted molar refractivity (Wildman–Crippen MR) is 61.7 cm³/mol. The highest BCUT2D eigenvalue weighted by atomic mass is 32.2. The van der Waals surface area contributed by atoms with Crippen molar-refractivity contribution in [2.45, 2.75) is 10.9 Å². The van der Waals surface area contributed by atoms with Crippen molar-refractivity contribution in [2.24, 2.45) is 7.05 Å². The second-order valence-corrected chi connectivity index (χ2v) is 4.21. The number of rotatable bonds is 3. The third-order valence-electron chi connectivity index (χ3n) is 2.12. The number of hydrogen-bond acceptors (Lipinski definition) is 4. The van der Waals surface area contributed by atoms with E-state index in [4.69, 9.17) is 5.26 Å². The van der Waals surface area contributed by atoms with E-state index in [-0.39, 0.29) is 0 Å². The highest BCUT2D eigenvalue weighted by Gasteiger charge is 2.01. The molecule has 0 radical (unpaired) electrons. The zero-order valence-electron chi connectivity index (χ0n) is 8.79. The van der Waals surface area contributed by atoms with Crippen LogP contribution in [0.3, 0.4) is 0 Å². The third kappa shape index (κ3) is 2.41. The van der Waals surface area contributed by atoms with Gasteiger partial charge in [-0.05, 0) is 17.7 Å². The smallest absolute Gasteiger partial charge is 0.186 e. The van der Waals surface area contributed by atoms with Gasteiger partial charge in [-0.15, -0.1) is 0 Å². The van der Waals surface area contributed by atoms with Gasteiger partial charge in [0.1, 0.15) is 6.33 Å². The maximum absolute atomic E-state index is 8.67. The van der Waals surface area contributed by atoms with Crippen LogP contribution >= 0.6 is 11.8 Å². The van der Waals surface area contributed by atoms with Crippen molar-refractivity contribution in [3.63, 3.8) is 0 Å². The molecule has 0 bridgehead atoms. The lowest BCUT2D eigenvalue weighted by atomic mass is 10.2. The van der Waals surface area contributed by atoms with Gasteiger partial charge >= 0.3 is 0 Å². The molecular weight excluding hydrogens is 220 g/mol. The summed E-state index contributed by atoms with van der Waals surface area (Å²) in [6, 6.07) is 9.67. The second-order valence-electron chi connectivity index (χ2n) is 3.26. The molecule has 5 heteroatoms. The Balaban J connectivity index is 2.00. The summed E-state index contributed by atoms with van der Waals surface area (Å²) in [7, 11) is 1.87. The monoisotopic (exact) mass is 230 g/mol. The molecule has 2 rings (SSSR count). The third-order valence-corrected chi connectivity index (χ3v) is 3.23. The van der Waals surface area contributed by atoms with Crippen LogP contribution in [0.15, 0.2) is 35.7 Å². The summed E-state index contributed by atoms with van der Waals surface area (Å²) >= 11 is 1.63. The molecule has 0 saturated heterocycles. The van der Waals surface area contributed by atoms with E-state index in [0.717, 1.165) is 10.9 Å². The van der Waals surface area contributed by atoms with Gasteiger partial charge in [0, 0.05) is 12.8 Å². The summed E-state index contributed by atoms with van der Waals surface area (Å²) in [6.45, 7) is 0. The van der Waals surface area contributed by atoms with E-state index >= 15 is 0 Å². The van der Waals surface area contributed by atoms with Gasteiger partial charge in [0.2, 0.25) is 0 Å². The molecule has 4 nitrogen and oxygen atoms in total. The van der Waals surface area contributed by atoms with Crippen LogP contribution in [-0.4, -0.2) is 14.8 Å². The average Bonchev–Trinajstić information content (AvgIpc) is 2.73. The summed E-state index contributed by atoms with van der Waals surface area (Å²) in [5, 5.41) is 13.6. The van der Waals surface area contributed by atoms with Gasteiger partial charge in [-0.1, -0.05) is 23.9 Å². The number of aromatic nitrogens is 3. The number of thioether (sulfide) groups is 1. The Morgan fingerprint density at radius 1 is 1.38 bits per heavy atom. The van der Waals surface area contributed by atoms with Crippen LogP contribution in [0, 0.1) is 11.3 Å². The molecule has 80 valence electrons. The van der Waals surface area contributed by atoms with E-state index in [1.54, 1.807) is 22.8 Å². The molecule has 1 aromatic carbocycles. The molecule has 0 fully saturated rings. The molecule has 0 aliphatic rings. The van der Waals surface area contributed by atoms with Gasteiger partial charge in [-0.25, -0.2) is 9.67 Å². The van der Waals surface area contributed by atoms with Gasteiger partial charge in [-0.2, -0.15) is 10.4 Å². The van der Waals surface area contributed by atoms with E-state index in [9.17, 15) is 0 Å². The van der Waals surface area contributed by atoms with Crippen molar-refractivity contribution < 1.29 is 0 Å². The number of nitrogens with zero attached hydrogens (tertiary/aromatic N) is 4. The number of nitriles is 1. The van der Waals surface area contributed by atoms with Gasteiger partial charge in [0.15, 0.2) is 5.16 Å². The largest absolute Gasteiger partial charge is 0.244 e. The fourth-order valence-electron chi connectivity index (χ4n) is 1.24. The first-order valence-electron chi connectivity index (χ1n) is 4.75. The lowest BCUT2D eigenvalue weighted by Gasteiger charge is -2.00. The van der Waals surface area contributed by atoms with E-state index in [1.807, 2.05) is 31.3 Å². The second kappa shape index (κ2) is 4.81. The standard InChI is InChI=1S/C11H10N4S/c1-15-11(13-8-14-15)16-7-10-4-2-9(6-12)3-5-10/h2-5,8H,7H2,1H3. The number of hydrogen-bond donors (Lipinski definition) is 0. The molecule has 0 aliphatic carbocycles. The Morgan fingerprint density at radius 2 is 2.12 bits per heavy atom. The Kier molecular flexibility index (Phi) is 3.22. The highest BCUT2D eigenvalue weighted by Crippen LogP contribution is 2.19. The zero-order chi connectivity index (χ0) is 11.4. The zero-order valence-corrected chi connectivity index (χ0v) is 9.61. The number of aryl methyl sites for hydroxylation is 1. The van der Waals surface area contributed by atoms with Crippen molar-refractivity contribution in [2.75, 3.05) is 0 Å². The number of benzene rings is 1. The fourth-order valence-corrected chi connectivity index (χ4v) is 2.08. The van der Waals surface area contributed by atoms with Crippen molar-refractivity contribution in [1.82, 2.24) is 14.8 Å². The van der Waals surface area contributed by atoms with E-state index in [2.05, 4.69) is 16.2 Å². The molecule has 0 unspecified atom stereocenters. The average molecular weight is 230 g/mol. The van der Waals surface area contributed by atoms with E-state index in [0.29, 0.717) is 5.56 Å². The quantitative estimate of drug-likeness (QED) is 0.756. The Bertz CT molecular complexity index is 510. The molecular formula is C11H10N4S. The van der Waals surface area contributed by atoms with Crippen LogP contribution in [-0.2, 0) is 12.8 Å². The van der Waals surface area contributed by atoms with Crippen molar-refractivity contribution in [1.29, 1.82) is 5.26 Å². The Hall–Kier alpha value is -1.80. The molecule has 2 aromatic rings. The molecule has 0 aliphatic heterocycles. The molecule has 0 spiro atoms. The van der Waals surface area contributed by atoms with Crippen LogP contribution in [0.2, 0.25) is 0 Å². The van der Waals surface area contributed by atoms with Crippen molar-refractivity contribution in [3.05, 3.63) is 41.7 Å². The van der Waals surface area contributed by atoms with Crippen LogP contribution in [0.4, 0.5) is 0 Å². The normalized spacial score (nSPS) is 10.0. The molecule has 0 atom stereocenters. The van der Waals surface area contributed by atoms with Gasteiger partial charge in [0.25, 0.3) is 0 Å². The van der Waals surface area contributed by atoms with Crippen LogP contribution in [0.25, 0.3) is 0 Å². The SMILES string of the molecule is Cn1ncnc1SCc1ccc(C#N)cc1. The van der Waals surface area contributed by atoms with Crippen LogP contribution < -0.4 is 0 Å². The molecule has 0 amide bonds. The molecule has 1 heterocycles. The van der Waals surface area contributed by atoms with Gasteiger partial charge in [0.05, 0.1) is 11.6 Å². The van der Waals surface area contributed by atoms with Gasteiger partial charge in [-0.3, -0.25) is 0 Å². The first-order valence-corrected chi connectivity index (χ1v) is 5.74. The van der Waals surface area contributed by atoms with Crippen LogP contribution in [0.1, 0.15) is 11.1 Å². The molecule has 0 saturated carbocycles. The van der Waals surface area contributed by atoms with Crippen molar-refractivity contribution >= 4 is 11.8 Å². The molecule has 1 aromatic heterocycles. The van der Waals surface area contributed by atoms with Crippen LogP contribution in [0.5, 0.6) is 0 Å². The minimum Gasteiger partial charge on any atom is -0.244 e. The fraction of sp³-hybridized carbons (Fsp3) is 0.182. The Labute approximate surface area is 97.9 Å². The summed E-state index contributed by atoms with van der Waals surface area (Å²) in [5.41, 5.74) is 1.86. The Morgan fingerprint density at radius 3 is 2.69 bits per heavy atom. The summed E-state index contributed by atoms with van der Waals surface area (Å²) in [5.74, 6) is 0.832. The van der Waals surface area contributed by atoms with Gasteiger partial charge < -0.3 is 0 Å². The summed E-state index contributed by atoms with van der Waals surface area (Å²) in [4.78, 5) is 4.13. The van der Waals surface area contributed by atoms with E-state index in [1.165, 1.54) is 5.56 Å². The summed E-state index contributed by atoms with van der Waals surface area (Å²) < 4.78 is 1.74. The molecule has 16 heavy (non-hydrogen) atoms. The summed E-state index contributed by atoms with van der Waals surface area (Å²) in [6.07, 6.45) is 1.54. The lowest BCUT2D eigenvalue weighted by Crippen LogP contribution is -1.93. The van der Waals surface area contributed by atoms with E-state index < -0.39 is 0 Å². The maximum Gasteiger partial charge on any atom is 0.186 e. The minimum atomic E-state index is 0.687. The first-order chi connectivity index (χ1) is 7.79. The minimum absolute atomic E-state index is 0.687.